The molecular weight excluding hydrogens is 142 g/mol. The van der Waals surface area contributed by atoms with Gasteiger partial charge in [-0.15, -0.1) is 0 Å². The molecule has 0 radical (unpaired) electrons. The van der Waals surface area contributed by atoms with Gasteiger partial charge in [-0.25, -0.2) is 4.79 Å². The van der Waals surface area contributed by atoms with Crippen LogP contribution < -0.4 is 5.73 Å². The molecular formula is C8H11NO2. The molecule has 0 saturated carbocycles. The quantitative estimate of drug-likeness (QED) is 0.612. The third-order valence-electron chi connectivity index (χ3n) is 0.868. The van der Waals surface area contributed by atoms with Gasteiger partial charge in [-0.1, -0.05) is 36.4 Å². The summed E-state index contributed by atoms with van der Waals surface area (Å²) < 4.78 is 3.89. The lowest BCUT2D eigenvalue weighted by Crippen LogP contribution is -2.08. The number of methoxy groups -OCH3 is 1. The highest BCUT2D eigenvalue weighted by Crippen LogP contribution is 1.79. The first-order valence-electron chi connectivity index (χ1n) is 3.11. The average molecular weight is 153 g/mol. The third kappa shape index (κ3) is 8.49. The standard InChI is InChI=1S/C6H6.C2H5NO2/c1-2-4-6-5-3-1;1-5-2(3)4/h1-6H;1H3,(H2,3,4). The Morgan fingerprint density at radius 3 is 1.36 bits per heavy atom. The molecule has 1 rings (SSSR count). The molecule has 0 saturated heterocycles. The van der Waals surface area contributed by atoms with Crippen LogP contribution >= 0.6 is 0 Å². The van der Waals surface area contributed by atoms with E-state index in [1.807, 2.05) is 36.4 Å². The van der Waals surface area contributed by atoms with Crippen molar-refractivity contribution < 1.29 is 9.53 Å². The molecule has 0 aliphatic rings. The Kier molecular flexibility index (Phi) is 5.70. The van der Waals surface area contributed by atoms with Crippen molar-refractivity contribution in [2.24, 2.45) is 5.73 Å². The van der Waals surface area contributed by atoms with Crippen LogP contribution in [0.4, 0.5) is 4.79 Å². The fourth-order valence-corrected chi connectivity index (χ4v) is 0.385. The number of carbonyl (C=O) groups is 1. The fraction of sp³-hybridized carbons (Fsp3) is 0.125. The Morgan fingerprint density at radius 2 is 1.27 bits per heavy atom. The first-order chi connectivity index (χ1) is 5.27. The SMILES string of the molecule is COC(N)=O.c1ccccc1. The normalized spacial score (nSPS) is 7.36. The smallest absolute Gasteiger partial charge is 0.404 e. The zero-order valence-electron chi connectivity index (χ0n) is 6.36. The Morgan fingerprint density at radius 1 is 1.09 bits per heavy atom. The highest BCUT2D eigenvalue weighted by atomic mass is 16.5. The summed E-state index contributed by atoms with van der Waals surface area (Å²) in [6.07, 6.45) is -0.745. The van der Waals surface area contributed by atoms with Crippen molar-refractivity contribution in [2.45, 2.75) is 0 Å². The topological polar surface area (TPSA) is 52.3 Å². The Hall–Kier alpha value is -1.51. The number of rotatable bonds is 0. The van der Waals surface area contributed by atoms with Crippen LogP contribution in [0, 0.1) is 0 Å². The summed E-state index contributed by atoms with van der Waals surface area (Å²) >= 11 is 0. The molecule has 0 fully saturated rings. The first-order valence-corrected chi connectivity index (χ1v) is 3.11. The van der Waals surface area contributed by atoms with E-state index in [4.69, 9.17) is 0 Å². The van der Waals surface area contributed by atoms with Crippen LogP contribution in [0.5, 0.6) is 0 Å². The predicted octanol–water partition coefficient (Wildman–Crippen LogP) is 1.40. The van der Waals surface area contributed by atoms with E-state index in [0.29, 0.717) is 0 Å². The fourth-order valence-electron chi connectivity index (χ4n) is 0.385. The molecule has 0 spiro atoms. The molecule has 0 aliphatic carbocycles. The zero-order valence-corrected chi connectivity index (χ0v) is 6.36. The summed E-state index contributed by atoms with van der Waals surface area (Å²) in [4.78, 5) is 9.37. The highest BCUT2D eigenvalue weighted by Gasteiger charge is 1.76. The van der Waals surface area contributed by atoms with E-state index >= 15 is 0 Å². The third-order valence-corrected chi connectivity index (χ3v) is 0.868. The molecule has 0 aliphatic heterocycles. The molecule has 3 nitrogen and oxygen atoms in total. The van der Waals surface area contributed by atoms with Gasteiger partial charge in [-0.3, -0.25) is 0 Å². The van der Waals surface area contributed by atoms with E-state index in [1.54, 1.807) is 0 Å². The molecule has 11 heavy (non-hydrogen) atoms. The van der Waals surface area contributed by atoms with E-state index in [1.165, 1.54) is 7.11 Å². The van der Waals surface area contributed by atoms with E-state index in [-0.39, 0.29) is 0 Å². The number of hydrogen-bond acceptors (Lipinski definition) is 2. The first kappa shape index (κ1) is 9.49. The van der Waals surface area contributed by atoms with Crippen molar-refractivity contribution in [1.29, 1.82) is 0 Å². The molecule has 1 amide bonds. The molecule has 0 bridgehead atoms. The summed E-state index contributed by atoms with van der Waals surface area (Å²) in [5.74, 6) is 0. The van der Waals surface area contributed by atoms with Gasteiger partial charge in [0.25, 0.3) is 0 Å². The maximum atomic E-state index is 9.37. The van der Waals surface area contributed by atoms with Gasteiger partial charge >= 0.3 is 6.09 Å². The van der Waals surface area contributed by atoms with Gasteiger partial charge < -0.3 is 10.5 Å². The minimum Gasteiger partial charge on any atom is -0.453 e. The van der Waals surface area contributed by atoms with Crippen LogP contribution in [0.15, 0.2) is 36.4 Å². The lowest BCUT2D eigenvalue weighted by molar-refractivity contribution is 0.182. The van der Waals surface area contributed by atoms with Crippen LogP contribution in [-0.4, -0.2) is 13.2 Å². The molecule has 0 heterocycles. The molecule has 60 valence electrons. The number of nitrogens with two attached hydrogens (primary N) is 1. The van der Waals surface area contributed by atoms with Crippen LogP contribution in [-0.2, 0) is 4.74 Å². The summed E-state index contributed by atoms with van der Waals surface area (Å²) in [5, 5.41) is 0. The zero-order chi connectivity index (χ0) is 8.53. The van der Waals surface area contributed by atoms with Gasteiger partial charge in [0.15, 0.2) is 0 Å². The van der Waals surface area contributed by atoms with E-state index < -0.39 is 6.09 Å². The lowest BCUT2D eigenvalue weighted by atomic mass is 10.4. The maximum absolute atomic E-state index is 9.37. The minimum atomic E-state index is -0.745. The number of carbonyl (C=O) groups excluding carboxylic acids is 1. The number of amides is 1. The molecule has 3 heteroatoms. The number of hydrogen-bond donors (Lipinski definition) is 1. The molecule has 1 aromatic rings. The average Bonchev–Trinajstić information content (AvgIpc) is 2.09. The van der Waals surface area contributed by atoms with Gasteiger partial charge in [0.2, 0.25) is 0 Å². The van der Waals surface area contributed by atoms with Gasteiger partial charge in [-0.2, -0.15) is 0 Å². The maximum Gasteiger partial charge on any atom is 0.404 e. The van der Waals surface area contributed by atoms with E-state index in [2.05, 4.69) is 10.5 Å². The molecule has 0 aromatic heterocycles. The van der Waals surface area contributed by atoms with Crippen molar-refractivity contribution in [1.82, 2.24) is 0 Å². The van der Waals surface area contributed by atoms with Crippen LogP contribution in [0.1, 0.15) is 0 Å². The molecule has 1 aromatic carbocycles. The van der Waals surface area contributed by atoms with Gasteiger partial charge in [-0.05, 0) is 0 Å². The summed E-state index contributed by atoms with van der Waals surface area (Å²) in [5.41, 5.74) is 4.43. The molecule has 0 atom stereocenters. The second-order valence-electron chi connectivity index (χ2n) is 1.68. The van der Waals surface area contributed by atoms with Crippen molar-refractivity contribution in [3.63, 3.8) is 0 Å². The number of ether oxygens (including phenoxy) is 1. The van der Waals surface area contributed by atoms with Gasteiger partial charge in [0.05, 0.1) is 7.11 Å². The predicted molar refractivity (Wildman–Crippen MR) is 43.0 cm³/mol. The Balaban J connectivity index is 0.000000187. The summed E-state index contributed by atoms with van der Waals surface area (Å²) in [6.45, 7) is 0. The van der Waals surface area contributed by atoms with E-state index in [9.17, 15) is 4.79 Å². The molecule has 2 N–H and O–H groups in total. The minimum absolute atomic E-state index is 0.745. The monoisotopic (exact) mass is 153 g/mol. The second kappa shape index (κ2) is 6.61. The van der Waals surface area contributed by atoms with Crippen molar-refractivity contribution in [2.75, 3.05) is 7.11 Å². The van der Waals surface area contributed by atoms with Crippen molar-refractivity contribution in [3.05, 3.63) is 36.4 Å². The van der Waals surface area contributed by atoms with Crippen LogP contribution in [0.2, 0.25) is 0 Å². The van der Waals surface area contributed by atoms with Crippen molar-refractivity contribution in [3.8, 4) is 0 Å². The van der Waals surface area contributed by atoms with Gasteiger partial charge in [0, 0.05) is 0 Å². The number of benzene rings is 1. The second-order valence-corrected chi connectivity index (χ2v) is 1.68. The Labute approximate surface area is 65.8 Å². The largest absolute Gasteiger partial charge is 0.453 e. The summed E-state index contributed by atoms with van der Waals surface area (Å²) in [6, 6.07) is 12.0. The van der Waals surface area contributed by atoms with Crippen molar-refractivity contribution >= 4 is 6.09 Å². The Bertz CT molecular complexity index is 160. The lowest BCUT2D eigenvalue weighted by Gasteiger charge is -1.81. The highest BCUT2D eigenvalue weighted by molar-refractivity contribution is 5.64. The number of primary amides is 1. The summed E-state index contributed by atoms with van der Waals surface area (Å²) in [7, 11) is 1.22. The van der Waals surface area contributed by atoms with Crippen LogP contribution in [0.25, 0.3) is 0 Å². The molecule has 0 unspecified atom stereocenters. The van der Waals surface area contributed by atoms with Crippen LogP contribution in [0.3, 0.4) is 0 Å². The van der Waals surface area contributed by atoms with Gasteiger partial charge in [0.1, 0.15) is 0 Å². The van der Waals surface area contributed by atoms with E-state index in [0.717, 1.165) is 0 Å².